The molecule has 0 aliphatic rings. The van der Waals surface area contributed by atoms with E-state index < -0.39 is 6.10 Å². The maximum absolute atomic E-state index is 12.4. The highest BCUT2D eigenvalue weighted by atomic mass is 16.5. The van der Waals surface area contributed by atoms with Crippen molar-refractivity contribution in [3.8, 4) is 5.75 Å². The van der Waals surface area contributed by atoms with E-state index in [0.717, 1.165) is 33.7 Å². The number of nitrogens with one attached hydrogen (secondary N) is 1. The van der Waals surface area contributed by atoms with Gasteiger partial charge in [-0.2, -0.15) is 0 Å². The third-order valence-corrected chi connectivity index (χ3v) is 3.96. The van der Waals surface area contributed by atoms with Gasteiger partial charge in [-0.3, -0.25) is 4.79 Å². The molecule has 2 aromatic carbocycles. The Labute approximate surface area is 132 Å². The summed E-state index contributed by atoms with van der Waals surface area (Å²) in [5, 5.41) is 2.97. The van der Waals surface area contributed by atoms with E-state index in [2.05, 4.69) is 5.32 Å². The van der Waals surface area contributed by atoms with Crippen molar-refractivity contribution in [1.82, 2.24) is 0 Å². The topological polar surface area (TPSA) is 38.3 Å². The SMILES string of the molecule is Cc1cccc(O[C@@H](C)C(=O)Nc2c(C)cccc2C)c1C. The zero-order valence-electron chi connectivity index (χ0n) is 13.9. The Kier molecular flexibility index (Phi) is 4.86. The van der Waals surface area contributed by atoms with Crippen LogP contribution in [0.2, 0.25) is 0 Å². The zero-order valence-corrected chi connectivity index (χ0v) is 13.9. The summed E-state index contributed by atoms with van der Waals surface area (Å²) in [4.78, 5) is 12.4. The number of carbonyl (C=O) groups is 1. The second-order valence-electron chi connectivity index (χ2n) is 5.71. The van der Waals surface area contributed by atoms with Crippen LogP contribution in [0.3, 0.4) is 0 Å². The largest absolute Gasteiger partial charge is 0.481 e. The van der Waals surface area contributed by atoms with Crippen molar-refractivity contribution in [2.24, 2.45) is 0 Å². The van der Waals surface area contributed by atoms with Crippen molar-refractivity contribution in [3.63, 3.8) is 0 Å². The lowest BCUT2D eigenvalue weighted by molar-refractivity contribution is -0.122. The molecule has 0 fully saturated rings. The molecule has 1 N–H and O–H groups in total. The van der Waals surface area contributed by atoms with Crippen molar-refractivity contribution in [2.45, 2.75) is 40.7 Å². The van der Waals surface area contributed by atoms with Gasteiger partial charge in [0.15, 0.2) is 6.10 Å². The summed E-state index contributed by atoms with van der Waals surface area (Å²) in [7, 11) is 0. The molecule has 0 aliphatic heterocycles. The van der Waals surface area contributed by atoms with Gasteiger partial charge in [-0.05, 0) is 62.9 Å². The van der Waals surface area contributed by atoms with Crippen LogP contribution < -0.4 is 10.1 Å². The number of rotatable bonds is 4. The molecule has 2 rings (SSSR count). The summed E-state index contributed by atoms with van der Waals surface area (Å²) >= 11 is 0. The average Bonchev–Trinajstić information content (AvgIpc) is 2.47. The molecule has 1 atom stereocenters. The Morgan fingerprint density at radius 3 is 2.14 bits per heavy atom. The van der Waals surface area contributed by atoms with Gasteiger partial charge in [0.05, 0.1) is 0 Å². The molecule has 116 valence electrons. The van der Waals surface area contributed by atoms with Crippen molar-refractivity contribution < 1.29 is 9.53 Å². The first-order valence-corrected chi connectivity index (χ1v) is 7.50. The van der Waals surface area contributed by atoms with E-state index in [1.165, 1.54) is 0 Å². The van der Waals surface area contributed by atoms with E-state index in [1.807, 2.05) is 64.1 Å². The van der Waals surface area contributed by atoms with Crippen molar-refractivity contribution in [1.29, 1.82) is 0 Å². The van der Waals surface area contributed by atoms with Crippen LogP contribution in [0, 0.1) is 27.7 Å². The van der Waals surface area contributed by atoms with E-state index in [9.17, 15) is 4.79 Å². The third-order valence-electron chi connectivity index (χ3n) is 3.96. The molecule has 0 heterocycles. The fourth-order valence-electron chi connectivity index (χ4n) is 2.33. The van der Waals surface area contributed by atoms with Crippen LogP contribution in [-0.2, 0) is 4.79 Å². The van der Waals surface area contributed by atoms with Gasteiger partial charge in [-0.15, -0.1) is 0 Å². The minimum Gasteiger partial charge on any atom is -0.481 e. The third kappa shape index (κ3) is 3.48. The van der Waals surface area contributed by atoms with Crippen LogP contribution in [0.5, 0.6) is 5.75 Å². The van der Waals surface area contributed by atoms with E-state index in [1.54, 1.807) is 6.92 Å². The van der Waals surface area contributed by atoms with Crippen LogP contribution in [-0.4, -0.2) is 12.0 Å². The molecule has 0 radical (unpaired) electrons. The maximum Gasteiger partial charge on any atom is 0.265 e. The monoisotopic (exact) mass is 297 g/mol. The van der Waals surface area contributed by atoms with Gasteiger partial charge in [0.2, 0.25) is 0 Å². The summed E-state index contributed by atoms with van der Waals surface area (Å²) in [6, 6.07) is 11.8. The first kappa shape index (κ1) is 16.1. The molecule has 0 saturated heterocycles. The predicted molar refractivity (Wildman–Crippen MR) is 90.6 cm³/mol. The van der Waals surface area contributed by atoms with Crippen LogP contribution in [0.4, 0.5) is 5.69 Å². The summed E-state index contributed by atoms with van der Waals surface area (Å²) in [6.45, 7) is 9.77. The van der Waals surface area contributed by atoms with Crippen molar-refractivity contribution >= 4 is 11.6 Å². The van der Waals surface area contributed by atoms with Crippen LogP contribution in [0.15, 0.2) is 36.4 Å². The number of para-hydroxylation sites is 1. The number of hydrogen-bond acceptors (Lipinski definition) is 2. The van der Waals surface area contributed by atoms with Gasteiger partial charge in [0, 0.05) is 5.69 Å². The van der Waals surface area contributed by atoms with Crippen LogP contribution >= 0.6 is 0 Å². The summed E-state index contributed by atoms with van der Waals surface area (Å²) < 4.78 is 5.83. The standard InChI is InChI=1S/C19H23NO2/c1-12-8-7-11-17(15(12)4)22-16(5)19(21)20-18-13(2)9-6-10-14(18)3/h6-11,16H,1-5H3,(H,20,21)/t16-/m0/s1. The lowest BCUT2D eigenvalue weighted by Gasteiger charge is -2.18. The summed E-state index contributed by atoms with van der Waals surface area (Å²) in [6.07, 6.45) is -0.556. The molecule has 3 nitrogen and oxygen atoms in total. The molecule has 1 amide bonds. The number of benzene rings is 2. The fourth-order valence-corrected chi connectivity index (χ4v) is 2.33. The summed E-state index contributed by atoms with van der Waals surface area (Å²) in [5.41, 5.74) is 5.18. The first-order valence-electron chi connectivity index (χ1n) is 7.50. The molecule has 3 heteroatoms. The summed E-state index contributed by atoms with van der Waals surface area (Å²) in [5.74, 6) is 0.613. The lowest BCUT2D eigenvalue weighted by atomic mass is 10.1. The highest BCUT2D eigenvalue weighted by Crippen LogP contribution is 2.23. The minimum atomic E-state index is -0.556. The molecule has 22 heavy (non-hydrogen) atoms. The number of carbonyl (C=O) groups excluding carboxylic acids is 1. The van der Waals surface area contributed by atoms with Gasteiger partial charge >= 0.3 is 0 Å². The van der Waals surface area contributed by atoms with E-state index in [4.69, 9.17) is 4.74 Å². The molecule has 2 aromatic rings. The van der Waals surface area contributed by atoms with Crippen molar-refractivity contribution in [2.75, 3.05) is 5.32 Å². The zero-order chi connectivity index (χ0) is 16.3. The van der Waals surface area contributed by atoms with E-state index in [0.29, 0.717) is 0 Å². The smallest absolute Gasteiger partial charge is 0.265 e. The van der Waals surface area contributed by atoms with E-state index in [-0.39, 0.29) is 5.91 Å². The minimum absolute atomic E-state index is 0.140. The average molecular weight is 297 g/mol. The Hall–Kier alpha value is -2.29. The molecule has 0 bridgehead atoms. The van der Waals surface area contributed by atoms with Gasteiger partial charge in [-0.25, -0.2) is 0 Å². The molecule has 0 aliphatic carbocycles. The van der Waals surface area contributed by atoms with E-state index >= 15 is 0 Å². The number of aryl methyl sites for hydroxylation is 3. The Morgan fingerprint density at radius 2 is 1.50 bits per heavy atom. The quantitative estimate of drug-likeness (QED) is 0.912. The van der Waals surface area contributed by atoms with Crippen LogP contribution in [0.25, 0.3) is 0 Å². The molecular weight excluding hydrogens is 274 g/mol. The van der Waals surface area contributed by atoms with Gasteiger partial charge in [-0.1, -0.05) is 30.3 Å². The van der Waals surface area contributed by atoms with Gasteiger partial charge < -0.3 is 10.1 Å². The van der Waals surface area contributed by atoms with Crippen molar-refractivity contribution in [3.05, 3.63) is 58.7 Å². The van der Waals surface area contributed by atoms with Gasteiger partial charge in [0.25, 0.3) is 5.91 Å². The Bertz CT molecular complexity index is 672. The number of anilines is 1. The first-order chi connectivity index (χ1) is 10.4. The number of hydrogen-bond donors (Lipinski definition) is 1. The van der Waals surface area contributed by atoms with Crippen LogP contribution in [0.1, 0.15) is 29.2 Å². The molecule has 0 spiro atoms. The maximum atomic E-state index is 12.4. The molecule has 0 saturated carbocycles. The lowest BCUT2D eigenvalue weighted by Crippen LogP contribution is -2.30. The Morgan fingerprint density at radius 1 is 0.955 bits per heavy atom. The molecule has 0 aromatic heterocycles. The highest BCUT2D eigenvalue weighted by molar-refractivity contribution is 5.95. The predicted octanol–water partition coefficient (Wildman–Crippen LogP) is 4.33. The van der Waals surface area contributed by atoms with Gasteiger partial charge in [0.1, 0.15) is 5.75 Å². The fraction of sp³-hybridized carbons (Fsp3) is 0.316. The highest BCUT2D eigenvalue weighted by Gasteiger charge is 2.17. The number of ether oxygens (including phenoxy) is 1. The second-order valence-corrected chi connectivity index (χ2v) is 5.71. The normalized spacial score (nSPS) is 11.9. The molecule has 0 unspecified atom stereocenters. The Balaban J connectivity index is 2.11. The molecular formula is C19H23NO2. The second kappa shape index (κ2) is 6.65. The number of amides is 1.